The summed E-state index contributed by atoms with van der Waals surface area (Å²) in [5.41, 5.74) is 5.12. The van der Waals surface area contributed by atoms with Gasteiger partial charge in [0.15, 0.2) is 0 Å². The topological polar surface area (TPSA) is 25.8 Å². The highest BCUT2D eigenvalue weighted by Gasteiger charge is 2.01. The summed E-state index contributed by atoms with van der Waals surface area (Å²) < 4.78 is 0. The Morgan fingerprint density at radius 1 is 0.882 bits per heavy atom. The molecular formula is C15H12N2. The highest BCUT2D eigenvalue weighted by atomic mass is 14.8. The van der Waals surface area contributed by atoms with Gasteiger partial charge in [0.05, 0.1) is 22.9 Å². The van der Waals surface area contributed by atoms with Gasteiger partial charge in [-0.1, -0.05) is 36.4 Å². The van der Waals surface area contributed by atoms with Gasteiger partial charge in [0.2, 0.25) is 0 Å². The molecule has 0 N–H and O–H groups in total. The number of aryl methyl sites for hydroxylation is 1. The van der Waals surface area contributed by atoms with Crippen molar-refractivity contribution in [2.75, 3.05) is 0 Å². The molecule has 0 radical (unpaired) electrons. The molecule has 0 fully saturated rings. The Kier molecular flexibility index (Phi) is 2.33. The van der Waals surface area contributed by atoms with E-state index < -0.39 is 0 Å². The maximum absolute atomic E-state index is 4.64. The molecule has 0 spiro atoms. The van der Waals surface area contributed by atoms with Crippen molar-refractivity contribution in [3.05, 3.63) is 60.3 Å². The van der Waals surface area contributed by atoms with E-state index in [1.165, 1.54) is 5.56 Å². The largest absolute Gasteiger partial charge is 0.252 e. The summed E-state index contributed by atoms with van der Waals surface area (Å²) in [6, 6.07) is 16.2. The third-order valence-electron chi connectivity index (χ3n) is 2.77. The minimum Gasteiger partial charge on any atom is -0.252 e. The Labute approximate surface area is 100.0 Å². The molecule has 17 heavy (non-hydrogen) atoms. The first-order chi connectivity index (χ1) is 8.33. The number of hydrogen-bond acceptors (Lipinski definition) is 2. The zero-order valence-corrected chi connectivity index (χ0v) is 9.59. The number of benzene rings is 2. The van der Waals surface area contributed by atoms with E-state index in [9.17, 15) is 0 Å². The minimum atomic E-state index is 0.920. The lowest BCUT2D eigenvalue weighted by molar-refractivity contribution is 1.28. The van der Waals surface area contributed by atoms with E-state index in [0.717, 1.165) is 22.3 Å². The molecule has 0 unspecified atom stereocenters. The van der Waals surface area contributed by atoms with Crippen molar-refractivity contribution < 1.29 is 0 Å². The molecule has 3 rings (SSSR count). The molecule has 0 aliphatic rings. The molecule has 2 aromatic carbocycles. The van der Waals surface area contributed by atoms with E-state index in [0.29, 0.717) is 0 Å². The van der Waals surface area contributed by atoms with Crippen LogP contribution >= 0.6 is 0 Å². The Morgan fingerprint density at radius 3 is 2.53 bits per heavy atom. The van der Waals surface area contributed by atoms with Crippen molar-refractivity contribution >= 4 is 11.0 Å². The van der Waals surface area contributed by atoms with Crippen LogP contribution < -0.4 is 0 Å². The van der Waals surface area contributed by atoms with E-state index in [-0.39, 0.29) is 0 Å². The van der Waals surface area contributed by atoms with E-state index in [2.05, 4.69) is 29.0 Å². The molecule has 0 saturated heterocycles. The van der Waals surface area contributed by atoms with Gasteiger partial charge < -0.3 is 0 Å². The summed E-state index contributed by atoms with van der Waals surface area (Å²) in [5.74, 6) is 0. The van der Waals surface area contributed by atoms with Crippen molar-refractivity contribution in [3.8, 4) is 11.3 Å². The fraction of sp³-hybridized carbons (Fsp3) is 0.0667. The molecule has 0 amide bonds. The van der Waals surface area contributed by atoms with Gasteiger partial charge in [-0.25, -0.2) is 4.98 Å². The smallest absolute Gasteiger partial charge is 0.0896 e. The van der Waals surface area contributed by atoms with Crippen molar-refractivity contribution in [1.82, 2.24) is 9.97 Å². The van der Waals surface area contributed by atoms with Crippen LogP contribution in [-0.4, -0.2) is 9.97 Å². The lowest BCUT2D eigenvalue weighted by Crippen LogP contribution is -1.88. The standard InChI is InChI=1S/C15H12N2/c1-11-7-8-13-14(9-11)17-15(10-16-13)12-5-3-2-4-6-12/h2-10H,1H3. The van der Waals surface area contributed by atoms with Crippen LogP contribution in [0, 0.1) is 6.92 Å². The van der Waals surface area contributed by atoms with Gasteiger partial charge in [-0.3, -0.25) is 4.98 Å². The maximum Gasteiger partial charge on any atom is 0.0896 e. The summed E-state index contributed by atoms with van der Waals surface area (Å²) >= 11 is 0. The molecule has 2 heteroatoms. The number of aromatic nitrogens is 2. The van der Waals surface area contributed by atoms with Crippen molar-refractivity contribution in [1.29, 1.82) is 0 Å². The van der Waals surface area contributed by atoms with Gasteiger partial charge >= 0.3 is 0 Å². The average Bonchev–Trinajstić information content (AvgIpc) is 2.39. The second kappa shape index (κ2) is 3.98. The Balaban J connectivity index is 2.19. The highest BCUT2D eigenvalue weighted by Crippen LogP contribution is 2.19. The molecule has 0 aliphatic carbocycles. The predicted molar refractivity (Wildman–Crippen MR) is 69.7 cm³/mol. The average molecular weight is 220 g/mol. The fourth-order valence-electron chi connectivity index (χ4n) is 1.87. The lowest BCUT2D eigenvalue weighted by atomic mass is 10.1. The fourth-order valence-corrected chi connectivity index (χ4v) is 1.87. The van der Waals surface area contributed by atoms with Crippen molar-refractivity contribution in [2.45, 2.75) is 6.92 Å². The van der Waals surface area contributed by atoms with E-state index in [1.807, 2.05) is 42.6 Å². The quantitative estimate of drug-likeness (QED) is 0.626. The molecule has 1 aromatic heterocycles. The number of fused-ring (bicyclic) bond motifs is 1. The van der Waals surface area contributed by atoms with Crippen molar-refractivity contribution in [3.63, 3.8) is 0 Å². The summed E-state index contributed by atoms with van der Waals surface area (Å²) in [5, 5.41) is 0. The molecule has 2 nitrogen and oxygen atoms in total. The van der Waals surface area contributed by atoms with E-state index in [1.54, 1.807) is 0 Å². The van der Waals surface area contributed by atoms with Gasteiger partial charge in [0.25, 0.3) is 0 Å². The zero-order valence-electron chi connectivity index (χ0n) is 9.59. The van der Waals surface area contributed by atoms with Gasteiger partial charge in [-0.05, 0) is 24.6 Å². The zero-order chi connectivity index (χ0) is 11.7. The summed E-state index contributed by atoms with van der Waals surface area (Å²) in [6.45, 7) is 2.07. The van der Waals surface area contributed by atoms with Crippen molar-refractivity contribution in [2.24, 2.45) is 0 Å². The SMILES string of the molecule is Cc1ccc2ncc(-c3ccccc3)nc2c1. The maximum atomic E-state index is 4.64. The third kappa shape index (κ3) is 1.89. The summed E-state index contributed by atoms with van der Waals surface area (Å²) in [4.78, 5) is 9.08. The van der Waals surface area contributed by atoms with Crippen LogP contribution in [0.3, 0.4) is 0 Å². The summed E-state index contributed by atoms with van der Waals surface area (Å²) in [6.07, 6.45) is 1.83. The first-order valence-corrected chi connectivity index (χ1v) is 5.62. The molecule has 82 valence electrons. The minimum absolute atomic E-state index is 0.920. The Morgan fingerprint density at radius 2 is 1.71 bits per heavy atom. The van der Waals surface area contributed by atoms with Gasteiger partial charge in [0.1, 0.15) is 0 Å². The third-order valence-corrected chi connectivity index (χ3v) is 2.77. The molecule has 0 aliphatic heterocycles. The predicted octanol–water partition coefficient (Wildman–Crippen LogP) is 3.61. The van der Waals surface area contributed by atoms with E-state index >= 15 is 0 Å². The van der Waals surface area contributed by atoms with Crippen LogP contribution in [-0.2, 0) is 0 Å². The van der Waals surface area contributed by atoms with Gasteiger partial charge in [0, 0.05) is 5.56 Å². The first kappa shape index (κ1) is 9.97. The number of hydrogen-bond donors (Lipinski definition) is 0. The Hall–Kier alpha value is -2.22. The molecule has 3 aromatic rings. The number of rotatable bonds is 1. The van der Waals surface area contributed by atoms with Crippen LogP contribution in [0.25, 0.3) is 22.3 Å². The summed E-state index contributed by atoms with van der Waals surface area (Å²) in [7, 11) is 0. The monoisotopic (exact) mass is 220 g/mol. The second-order valence-electron chi connectivity index (χ2n) is 4.11. The van der Waals surface area contributed by atoms with Crippen LogP contribution in [0.2, 0.25) is 0 Å². The normalized spacial score (nSPS) is 10.6. The molecular weight excluding hydrogens is 208 g/mol. The Bertz CT molecular complexity index is 660. The molecule has 0 bridgehead atoms. The molecule has 1 heterocycles. The van der Waals surface area contributed by atoms with Crippen LogP contribution in [0.1, 0.15) is 5.56 Å². The first-order valence-electron chi connectivity index (χ1n) is 5.62. The van der Waals surface area contributed by atoms with Crippen LogP contribution in [0.15, 0.2) is 54.7 Å². The van der Waals surface area contributed by atoms with Gasteiger partial charge in [-0.15, -0.1) is 0 Å². The van der Waals surface area contributed by atoms with Crippen LogP contribution in [0.5, 0.6) is 0 Å². The van der Waals surface area contributed by atoms with Gasteiger partial charge in [-0.2, -0.15) is 0 Å². The molecule has 0 atom stereocenters. The highest BCUT2D eigenvalue weighted by molar-refractivity contribution is 5.77. The van der Waals surface area contributed by atoms with E-state index in [4.69, 9.17) is 0 Å². The lowest BCUT2D eigenvalue weighted by Gasteiger charge is -2.03. The second-order valence-corrected chi connectivity index (χ2v) is 4.11. The molecule has 0 saturated carbocycles. The van der Waals surface area contributed by atoms with Crippen LogP contribution in [0.4, 0.5) is 0 Å². The number of nitrogens with zero attached hydrogens (tertiary/aromatic N) is 2.